The summed E-state index contributed by atoms with van der Waals surface area (Å²) < 4.78 is 14.2. The number of hydrogen-bond acceptors (Lipinski definition) is 3. The maximum atomic E-state index is 14.2. The Morgan fingerprint density at radius 3 is 2.86 bits per heavy atom. The van der Waals surface area contributed by atoms with E-state index in [4.69, 9.17) is 0 Å². The standard InChI is InChI=1S/C22H32FN3O2/c1-16-7-8-20(19(23)12-16)26-15-18(13-21(26)27)22(28)24-9-3-4-10-25-11-5-6-17(2)14-25/h7-8,12,17-18H,3-6,9-11,13-15H2,1-2H3,(H,24,28). The summed E-state index contributed by atoms with van der Waals surface area (Å²) in [5.41, 5.74) is 1.07. The molecule has 1 N–H and O–H groups in total. The highest BCUT2D eigenvalue weighted by Crippen LogP contribution is 2.28. The summed E-state index contributed by atoms with van der Waals surface area (Å²) in [6.45, 7) is 8.45. The lowest BCUT2D eigenvalue weighted by molar-refractivity contribution is -0.126. The Hall–Kier alpha value is -1.95. The van der Waals surface area contributed by atoms with Crippen molar-refractivity contribution in [1.29, 1.82) is 0 Å². The number of likely N-dealkylation sites (tertiary alicyclic amines) is 1. The number of carbonyl (C=O) groups is 2. The van der Waals surface area contributed by atoms with Crippen molar-refractivity contribution in [3.8, 4) is 0 Å². The van der Waals surface area contributed by atoms with Gasteiger partial charge in [0.1, 0.15) is 5.82 Å². The molecule has 0 aromatic heterocycles. The zero-order valence-corrected chi connectivity index (χ0v) is 17.0. The van der Waals surface area contributed by atoms with Crippen LogP contribution in [0, 0.1) is 24.6 Å². The van der Waals surface area contributed by atoms with Crippen LogP contribution >= 0.6 is 0 Å². The molecule has 3 rings (SSSR count). The first kappa shape index (κ1) is 20.8. The third-order valence-electron chi connectivity index (χ3n) is 5.83. The van der Waals surface area contributed by atoms with Crippen molar-refractivity contribution in [2.45, 2.75) is 46.0 Å². The quantitative estimate of drug-likeness (QED) is 0.729. The van der Waals surface area contributed by atoms with Crippen LogP contribution < -0.4 is 10.2 Å². The topological polar surface area (TPSA) is 52.7 Å². The average molecular weight is 390 g/mol. The largest absolute Gasteiger partial charge is 0.356 e. The molecule has 2 aliphatic rings. The summed E-state index contributed by atoms with van der Waals surface area (Å²) in [4.78, 5) is 28.6. The lowest BCUT2D eigenvalue weighted by atomic mass is 10.0. The number of nitrogens with one attached hydrogen (secondary N) is 1. The van der Waals surface area contributed by atoms with E-state index in [1.807, 2.05) is 0 Å². The Morgan fingerprint density at radius 1 is 1.29 bits per heavy atom. The SMILES string of the molecule is Cc1ccc(N2CC(C(=O)NCCCCN3CCCC(C)C3)CC2=O)c(F)c1. The smallest absolute Gasteiger partial charge is 0.227 e. The van der Waals surface area contributed by atoms with Crippen molar-refractivity contribution in [3.63, 3.8) is 0 Å². The van der Waals surface area contributed by atoms with E-state index in [0.29, 0.717) is 6.54 Å². The Bertz CT molecular complexity index is 709. The number of anilines is 1. The second kappa shape index (κ2) is 9.50. The molecule has 28 heavy (non-hydrogen) atoms. The van der Waals surface area contributed by atoms with Gasteiger partial charge in [-0.3, -0.25) is 9.59 Å². The minimum absolute atomic E-state index is 0.102. The zero-order valence-electron chi connectivity index (χ0n) is 17.0. The number of benzene rings is 1. The Labute approximate surface area is 167 Å². The molecule has 2 atom stereocenters. The number of carbonyl (C=O) groups excluding carboxylic acids is 2. The van der Waals surface area contributed by atoms with Crippen molar-refractivity contribution in [2.75, 3.05) is 37.6 Å². The van der Waals surface area contributed by atoms with Crippen LogP contribution in [0.15, 0.2) is 18.2 Å². The van der Waals surface area contributed by atoms with Crippen molar-refractivity contribution in [3.05, 3.63) is 29.6 Å². The number of rotatable bonds is 7. The number of halogens is 1. The molecular weight excluding hydrogens is 357 g/mol. The second-order valence-corrected chi connectivity index (χ2v) is 8.41. The Balaban J connectivity index is 1.40. The van der Waals surface area contributed by atoms with Crippen LogP contribution in [0.5, 0.6) is 0 Å². The van der Waals surface area contributed by atoms with Crippen molar-refractivity contribution in [1.82, 2.24) is 10.2 Å². The fraction of sp³-hybridized carbons (Fsp3) is 0.636. The van der Waals surface area contributed by atoms with Gasteiger partial charge in [-0.25, -0.2) is 4.39 Å². The lowest BCUT2D eigenvalue weighted by Crippen LogP contribution is -2.36. The summed E-state index contributed by atoms with van der Waals surface area (Å²) in [6.07, 6.45) is 4.76. The Morgan fingerprint density at radius 2 is 2.11 bits per heavy atom. The molecule has 2 saturated heterocycles. The summed E-state index contributed by atoms with van der Waals surface area (Å²) in [5, 5.41) is 2.96. The predicted molar refractivity (Wildman–Crippen MR) is 109 cm³/mol. The predicted octanol–water partition coefficient (Wildman–Crippen LogP) is 3.12. The van der Waals surface area contributed by atoms with E-state index in [2.05, 4.69) is 17.1 Å². The number of aryl methyl sites for hydroxylation is 1. The van der Waals surface area contributed by atoms with Gasteiger partial charge >= 0.3 is 0 Å². The summed E-state index contributed by atoms with van der Waals surface area (Å²) in [5.74, 6) is -0.329. The molecule has 0 aliphatic carbocycles. The van der Waals surface area contributed by atoms with Crippen LogP contribution in [0.1, 0.15) is 44.6 Å². The average Bonchev–Trinajstić information content (AvgIpc) is 3.03. The second-order valence-electron chi connectivity index (χ2n) is 8.41. The van der Waals surface area contributed by atoms with E-state index in [0.717, 1.165) is 30.9 Å². The van der Waals surface area contributed by atoms with Crippen LogP contribution in [0.2, 0.25) is 0 Å². The van der Waals surface area contributed by atoms with Crippen LogP contribution in [0.3, 0.4) is 0 Å². The highest BCUT2D eigenvalue weighted by Gasteiger charge is 2.36. The molecule has 2 amide bonds. The van der Waals surface area contributed by atoms with Gasteiger partial charge in [0.05, 0.1) is 11.6 Å². The Kier molecular flexibility index (Phi) is 7.05. The van der Waals surface area contributed by atoms with Gasteiger partial charge in [-0.1, -0.05) is 13.0 Å². The van der Waals surface area contributed by atoms with E-state index in [-0.39, 0.29) is 30.5 Å². The van der Waals surface area contributed by atoms with Gasteiger partial charge in [0.15, 0.2) is 0 Å². The number of unbranched alkanes of at least 4 members (excludes halogenated alkanes) is 1. The zero-order chi connectivity index (χ0) is 20.1. The highest BCUT2D eigenvalue weighted by molar-refractivity contribution is 6.00. The van der Waals surface area contributed by atoms with Crippen molar-refractivity contribution >= 4 is 17.5 Å². The van der Waals surface area contributed by atoms with Gasteiger partial charge in [-0.05, 0) is 69.3 Å². The van der Waals surface area contributed by atoms with Crippen LogP contribution in [0.4, 0.5) is 10.1 Å². The van der Waals surface area contributed by atoms with Crippen LogP contribution in [-0.2, 0) is 9.59 Å². The number of nitrogens with zero attached hydrogens (tertiary/aromatic N) is 2. The first-order chi connectivity index (χ1) is 13.4. The monoisotopic (exact) mass is 389 g/mol. The van der Waals surface area contributed by atoms with E-state index in [9.17, 15) is 14.0 Å². The van der Waals surface area contributed by atoms with Gasteiger partial charge in [-0.2, -0.15) is 0 Å². The molecule has 1 aromatic rings. The number of piperidine rings is 1. The normalized spacial score (nSPS) is 23.2. The third kappa shape index (κ3) is 5.31. The first-order valence-corrected chi connectivity index (χ1v) is 10.5. The molecule has 0 bridgehead atoms. The minimum Gasteiger partial charge on any atom is -0.356 e. The van der Waals surface area contributed by atoms with Gasteiger partial charge in [0.2, 0.25) is 11.8 Å². The van der Waals surface area contributed by atoms with E-state index in [1.165, 1.54) is 36.9 Å². The molecule has 0 saturated carbocycles. The molecule has 6 heteroatoms. The van der Waals surface area contributed by atoms with Crippen molar-refractivity contribution < 1.29 is 14.0 Å². The number of amides is 2. The number of hydrogen-bond donors (Lipinski definition) is 1. The maximum Gasteiger partial charge on any atom is 0.227 e. The minimum atomic E-state index is -0.415. The van der Waals surface area contributed by atoms with Crippen LogP contribution in [-0.4, -0.2) is 49.4 Å². The summed E-state index contributed by atoms with van der Waals surface area (Å²) >= 11 is 0. The molecule has 154 valence electrons. The van der Waals surface area contributed by atoms with Crippen LogP contribution in [0.25, 0.3) is 0 Å². The van der Waals surface area contributed by atoms with E-state index >= 15 is 0 Å². The fourth-order valence-electron chi connectivity index (χ4n) is 4.25. The molecule has 0 radical (unpaired) electrons. The lowest BCUT2D eigenvalue weighted by Gasteiger charge is -2.30. The van der Waals surface area contributed by atoms with Gasteiger partial charge in [0.25, 0.3) is 0 Å². The highest BCUT2D eigenvalue weighted by atomic mass is 19.1. The molecule has 0 spiro atoms. The van der Waals surface area contributed by atoms with E-state index in [1.54, 1.807) is 19.1 Å². The molecule has 2 heterocycles. The fourth-order valence-corrected chi connectivity index (χ4v) is 4.25. The molecular formula is C22H32FN3O2. The molecule has 2 unspecified atom stereocenters. The summed E-state index contributed by atoms with van der Waals surface area (Å²) in [7, 11) is 0. The molecule has 2 aliphatic heterocycles. The summed E-state index contributed by atoms with van der Waals surface area (Å²) in [6, 6.07) is 4.81. The van der Waals surface area contributed by atoms with Gasteiger partial charge < -0.3 is 15.1 Å². The van der Waals surface area contributed by atoms with E-state index < -0.39 is 11.7 Å². The van der Waals surface area contributed by atoms with Crippen molar-refractivity contribution in [2.24, 2.45) is 11.8 Å². The maximum absolute atomic E-state index is 14.2. The molecule has 2 fully saturated rings. The van der Waals surface area contributed by atoms with Gasteiger partial charge in [0, 0.05) is 26.1 Å². The first-order valence-electron chi connectivity index (χ1n) is 10.5. The molecule has 5 nitrogen and oxygen atoms in total. The third-order valence-corrected chi connectivity index (χ3v) is 5.83. The van der Waals surface area contributed by atoms with Gasteiger partial charge in [-0.15, -0.1) is 0 Å². The molecule has 1 aromatic carbocycles.